The molecular weight excluding hydrogens is 490 g/mol. The number of benzene rings is 3. The summed E-state index contributed by atoms with van der Waals surface area (Å²) >= 11 is 7.79. The van der Waals surface area contributed by atoms with Gasteiger partial charge in [-0.3, -0.25) is 9.36 Å². The number of aromatic nitrogens is 2. The highest BCUT2D eigenvalue weighted by atomic mass is 35.5. The molecule has 0 bridgehead atoms. The Morgan fingerprint density at radius 1 is 1.14 bits per heavy atom. The highest BCUT2D eigenvalue weighted by molar-refractivity contribution is 7.18. The Hall–Kier alpha value is -3.19. The number of hydrogen-bond acceptors (Lipinski definition) is 5. The molecule has 1 N–H and O–H groups in total. The van der Waals surface area contributed by atoms with Crippen LogP contribution in [0.25, 0.3) is 21.0 Å². The third-order valence-corrected chi connectivity index (χ3v) is 8.45. The average Bonchev–Trinajstić information content (AvgIpc) is 3.28. The lowest BCUT2D eigenvalue weighted by Crippen LogP contribution is -2.33. The molecule has 3 aromatic carbocycles. The second-order valence-electron chi connectivity index (χ2n) is 9.28. The van der Waals surface area contributed by atoms with E-state index in [-0.39, 0.29) is 5.56 Å². The predicted octanol–water partition coefficient (Wildman–Crippen LogP) is 5.97. The third-order valence-electron chi connectivity index (χ3n) is 7.05. The maximum Gasteiger partial charge on any atom is 0.262 e. The van der Waals surface area contributed by atoms with Crippen LogP contribution in [0, 0.1) is 0 Å². The minimum absolute atomic E-state index is 0.0442. The summed E-state index contributed by atoms with van der Waals surface area (Å²) in [6.45, 7) is 1.26. The fraction of sp³-hybridized carbons (Fsp3) is 0.241. The van der Waals surface area contributed by atoms with Crippen molar-refractivity contribution in [2.45, 2.75) is 38.4 Å². The lowest BCUT2D eigenvalue weighted by molar-refractivity contribution is 0.419. The highest BCUT2D eigenvalue weighted by Crippen LogP contribution is 2.34. The molecule has 0 spiro atoms. The van der Waals surface area contributed by atoms with Crippen LogP contribution in [0.15, 0.2) is 71.8 Å². The Kier molecular flexibility index (Phi) is 6.25. The molecule has 0 aliphatic heterocycles. The van der Waals surface area contributed by atoms with Crippen LogP contribution < -0.4 is 15.6 Å². The van der Waals surface area contributed by atoms with Gasteiger partial charge in [0, 0.05) is 27.9 Å². The van der Waals surface area contributed by atoms with E-state index < -0.39 is 0 Å². The number of hydrogen-bond donors (Lipinski definition) is 1. The van der Waals surface area contributed by atoms with Crippen LogP contribution in [0.2, 0.25) is 5.02 Å². The number of aryl methyl sites for hydroxylation is 1. The van der Waals surface area contributed by atoms with Crippen molar-refractivity contribution in [2.75, 3.05) is 7.11 Å². The fourth-order valence-corrected chi connectivity index (χ4v) is 6.70. The molecule has 0 fully saturated rings. The molecule has 7 heteroatoms. The number of rotatable bonds is 6. The zero-order valence-electron chi connectivity index (χ0n) is 20.0. The first-order chi connectivity index (χ1) is 17.6. The largest absolute Gasteiger partial charge is 0.496 e. The molecular formula is C29H26ClN3O2S. The van der Waals surface area contributed by atoms with Crippen LogP contribution in [-0.2, 0) is 25.9 Å². The summed E-state index contributed by atoms with van der Waals surface area (Å²) in [6.07, 6.45) is 4.49. The van der Waals surface area contributed by atoms with E-state index in [1.807, 2.05) is 48.5 Å². The first-order valence-corrected chi connectivity index (χ1v) is 13.3. The quantitative estimate of drug-likeness (QED) is 0.303. The minimum atomic E-state index is 0.0442. The first kappa shape index (κ1) is 23.2. The zero-order valence-corrected chi connectivity index (χ0v) is 21.5. The van der Waals surface area contributed by atoms with Crippen molar-refractivity contribution in [2.24, 2.45) is 0 Å². The van der Waals surface area contributed by atoms with Crippen LogP contribution in [0.3, 0.4) is 0 Å². The smallest absolute Gasteiger partial charge is 0.262 e. The number of thiophene rings is 1. The Bertz CT molecular complexity index is 1640. The molecule has 6 rings (SSSR count). The highest BCUT2D eigenvalue weighted by Gasteiger charge is 2.25. The van der Waals surface area contributed by atoms with E-state index in [0.29, 0.717) is 12.6 Å². The van der Waals surface area contributed by atoms with E-state index in [0.717, 1.165) is 63.1 Å². The average molecular weight is 516 g/mol. The monoisotopic (exact) mass is 515 g/mol. The topological polar surface area (TPSA) is 56.2 Å². The van der Waals surface area contributed by atoms with Gasteiger partial charge in [0.2, 0.25) is 0 Å². The lowest BCUT2D eigenvalue weighted by Gasteiger charge is -2.23. The molecule has 5 nitrogen and oxygen atoms in total. The number of fused-ring (bicyclic) bond motifs is 4. The van der Waals surface area contributed by atoms with Gasteiger partial charge in [-0.1, -0.05) is 54.1 Å². The number of nitrogens with zero attached hydrogens (tertiary/aromatic N) is 2. The summed E-state index contributed by atoms with van der Waals surface area (Å²) in [4.78, 5) is 20.5. The molecule has 0 radical (unpaired) electrons. The molecule has 0 amide bonds. The van der Waals surface area contributed by atoms with Crippen molar-refractivity contribution in [3.8, 4) is 5.75 Å². The van der Waals surface area contributed by atoms with Crippen molar-refractivity contribution in [3.63, 3.8) is 0 Å². The molecule has 182 valence electrons. The van der Waals surface area contributed by atoms with Gasteiger partial charge in [0.05, 0.1) is 25.4 Å². The minimum Gasteiger partial charge on any atom is -0.496 e. The van der Waals surface area contributed by atoms with Crippen LogP contribution in [0.5, 0.6) is 5.75 Å². The number of halogens is 1. The van der Waals surface area contributed by atoms with Gasteiger partial charge in [-0.2, -0.15) is 0 Å². The third kappa shape index (κ3) is 4.30. The number of methoxy groups -OCH3 is 1. The number of nitrogens with one attached hydrogen (secondary N) is 1. The van der Waals surface area contributed by atoms with E-state index in [4.69, 9.17) is 21.3 Å². The predicted molar refractivity (Wildman–Crippen MR) is 148 cm³/mol. The van der Waals surface area contributed by atoms with Gasteiger partial charge in [0.25, 0.3) is 5.56 Å². The second-order valence-corrected chi connectivity index (χ2v) is 10.8. The van der Waals surface area contributed by atoms with E-state index in [1.54, 1.807) is 29.3 Å². The molecule has 0 saturated carbocycles. The summed E-state index contributed by atoms with van der Waals surface area (Å²) in [5.41, 5.74) is 3.48. The van der Waals surface area contributed by atoms with Crippen molar-refractivity contribution < 1.29 is 4.74 Å². The summed E-state index contributed by atoms with van der Waals surface area (Å²) in [6, 6.07) is 20.5. The maximum absolute atomic E-state index is 13.6. The molecule has 36 heavy (non-hydrogen) atoms. The molecule has 1 aliphatic carbocycles. The van der Waals surface area contributed by atoms with E-state index in [1.165, 1.54) is 16.0 Å². The van der Waals surface area contributed by atoms with Gasteiger partial charge in [-0.15, -0.1) is 11.3 Å². The molecule has 1 unspecified atom stereocenters. The molecule has 1 atom stereocenters. The molecule has 0 saturated heterocycles. The van der Waals surface area contributed by atoms with E-state index in [9.17, 15) is 4.79 Å². The van der Waals surface area contributed by atoms with Crippen molar-refractivity contribution in [1.82, 2.24) is 14.9 Å². The van der Waals surface area contributed by atoms with Crippen molar-refractivity contribution in [3.05, 3.63) is 104 Å². The molecule has 5 aromatic rings. The van der Waals surface area contributed by atoms with Gasteiger partial charge in [0.1, 0.15) is 10.6 Å². The fourth-order valence-electron chi connectivity index (χ4n) is 5.23. The van der Waals surface area contributed by atoms with Crippen LogP contribution in [-0.4, -0.2) is 22.7 Å². The van der Waals surface area contributed by atoms with Gasteiger partial charge in [-0.25, -0.2) is 4.98 Å². The SMILES string of the molecule is COc1ccc(Cn2cnc3sc4c(c3c2=O)CCC(NCc2cccc(Cl)c2)C4)c2ccccc12. The summed E-state index contributed by atoms with van der Waals surface area (Å²) in [5.74, 6) is 0.834. The molecule has 2 heterocycles. The van der Waals surface area contributed by atoms with Gasteiger partial charge < -0.3 is 10.1 Å². The van der Waals surface area contributed by atoms with Crippen LogP contribution >= 0.6 is 22.9 Å². The van der Waals surface area contributed by atoms with E-state index >= 15 is 0 Å². The Balaban J connectivity index is 1.27. The first-order valence-electron chi connectivity index (χ1n) is 12.1. The van der Waals surface area contributed by atoms with E-state index in [2.05, 4.69) is 17.4 Å². The molecule has 2 aromatic heterocycles. The van der Waals surface area contributed by atoms with Gasteiger partial charge in [-0.05, 0) is 59.5 Å². The Morgan fingerprint density at radius 3 is 2.83 bits per heavy atom. The Morgan fingerprint density at radius 2 is 2.00 bits per heavy atom. The second kappa shape index (κ2) is 9.69. The maximum atomic E-state index is 13.6. The van der Waals surface area contributed by atoms with Crippen LogP contribution in [0.4, 0.5) is 0 Å². The van der Waals surface area contributed by atoms with Crippen molar-refractivity contribution >= 4 is 43.9 Å². The van der Waals surface area contributed by atoms with Gasteiger partial charge >= 0.3 is 0 Å². The molecule has 1 aliphatic rings. The summed E-state index contributed by atoms with van der Waals surface area (Å²) in [5, 5.41) is 7.36. The van der Waals surface area contributed by atoms with Gasteiger partial charge in [0.15, 0.2) is 0 Å². The Labute approximate surface area is 218 Å². The van der Waals surface area contributed by atoms with Crippen molar-refractivity contribution in [1.29, 1.82) is 0 Å². The summed E-state index contributed by atoms with van der Waals surface area (Å²) in [7, 11) is 1.68. The summed E-state index contributed by atoms with van der Waals surface area (Å²) < 4.78 is 7.27. The standard InChI is InChI=1S/C29H26ClN3O2S/c1-35-25-12-9-19(22-7-2-3-8-23(22)25)16-33-17-32-28-27(29(33)34)24-11-10-21(14-26(24)36-28)31-15-18-5-4-6-20(30)13-18/h2-9,12-13,17,21,31H,10-11,14-16H2,1H3. The van der Waals surface area contributed by atoms with Crippen LogP contribution in [0.1, 0.15) is 28.0 Å². The zero-order chi connectivity index (χ0) is 24.6. The number of ether oxygens (including phenoxy) is 1. The lowest BCUT2D eigenvalue weighted by atomic mass is 9.93. The normalized spacial score (nSPS) is 15.3.